The first kappa shape index (κ1) is 24.5. The standard InChI is InChI=1S/C30H25F4N/c1-2-3-4-5-19-7-12-24(27(31)14-19)22-11-13-25-23(17-22)10-9-21(30(25)34)8-6-20-15-28(32)26(18-35)29(33)16-20/h7,9-17H,2-6,8H2,1H3. The molecule has 4 aromatic carbocycles. The third kappa shape index (κ3) is 5.38. The summed E-state index contributed by atoms with van der Waals surface area (Å²) in [6.07, 6.45) is 4.56. The van der Waals surface area contributed by atoms with Crippen molar-refractivity contribution < 1.29 is 17.6 Å². The van der Waals surface area contributed by atoms with Crippen molar-refractivity contribution >= 4 is 10.8 Å². The number of benzene rings is 4. The normalized spacial score (nSPS) is 11.1. The summed E-state index contributed by atoms with van der Waals surface area (Å²) in [5.74, 6) is -2.54. The number of fused-ring (bicyclic) bond motifs is 1. The highest BCUT2D eigenvalue weighted by Crippen LogP contribution is 2.30. The van der Waals surface area contributed by atoms with E-state index in [0.717, 1.165) is 43.4 Å². The van der Waals surface area contributed by atoms with Crippen LogP contribution in [0.25, 0.3) is 21.9 Å². The lowest BCUT2D eigenvalue weighted by atomic mass is 9.96. The second-order valence-corrected chi connectivity index (χ2v) is 8.79. The van der Waals surface area contributed by atoms with Crippen LogP contribution in [0.2, 0.25) is 0 Å². The average Bonchev–Trinajstić information content (AvgIpc) is 2.83. The van der Waals surface area contributed by atoms with Crippen LogP contribution in [0.5, 0.6) is 0 Å². The molecule has 178 valence electrons. The lowest BCUT2D eigenvalue weighted by Gasteiger charge is -2.11. The number of hydrogen-bond donors (Lipinski definition) is 0. The van der Waals surface area contributed by atoms with Crippen molar-refractivity contribution in [2.45, 2.75) is 45.4 Å². The molecule has 0 radical (unpaired) electrons. The molecular formula is C30H25F4N. The molecule has 0 saturated carbocycles. The first-order valence-electron chi connectivity index (χ1n) is 11.8. The second-order valence-electron chi connectivity index (χ2n) is 8.79. The summed E-state index contributed by atoms with van der Waals surface area (Å²) >= 11 is 0. The van der Waals surface area contributed by atoms with Gasteiger partial charge >= 0.3 is 0 Å². The molecule has 1 nitrogen and oxygen atoms in total. The van der Waals surface area contributed by atoms with Gasteiger partial charge in [0.2, 0.25) is 0 Å². The van der Waals surface area contributed by atoms with Crippen LogP contribution < -0.4 is 0 Å². The predicted molar refractivity (Wildman–Crippen MR) is 131 cm³/mol. The van der Waals surface area contributed by atoms with Gasteiger partial charge in [-0.25, -0.2) is 17.6 Å². The second kappa shape index (κ2) is 10.7. The number of unbranched alkanes of at least 4 members (excludes halogenated alkanes) is 2. The number of rotatable bonds is 8. The molecule has 0 spiro atoms. The Morgan fingerprint density at radius 1 is 0.714 bits per heavy atom. The first-order valence-corrected chi connectivity index (χ1v) is 11.8. The summed E-state index contributed by atoms with van der Waals surface area (Å²) in [6.45, 7) is 2.13. The van der Waals surface area contributed by atoms with Gasteiger partial charge < -0.3 is 0 Å². The fraction of sp³-hybridized carbons (Fsp3) is 0.233. The maximum absolute atomic E-state index is 15.2. The van der Waals surface area contributed by atoms with Gasteiger partial charge in [0.15, 0.2) is 0 Å². The zero-order valence-corrected chi connectivity index (χ0v) is 19.5. The molecule has 0 N–H and O–H groups in total. The molecule has 4 rings (SSSR count). The van der Waals surface area contributed by atoms with Gasteiger partial charge in [0.1, 0.15) is 34.9 Å². The Morgan fingerprint density at radius 3 is 2.14 bits per heavy atom. The van der Waals surface area contributed by atoms with Crippen LogP contribution in [0.15, 0.2) is 60.7 Å². The quantitative estimate of drug-likeness (QED) is 0.185. The Labute approximate surface area is 202 Å². The lowest BCUT2D eigenvalue weighted by molar-refractivity contribution is 0.572. The maximum Gasteiger partial charge on any atom is 0.144 e. The molecule has 5 heteroatoms. The fourth-order valence-corrected chi connectivity index (χ4v) is 4.38. The van der Waals surface area contributed by atoms with Gasteiger partial charge in [0, 0.05) is 10.9 Å². The van der Waals surface area contributed by atoms with E-state index in [0.29, 0.717) is 33.0 Å². The number of aryl methyl sites for hydroxylation is 3. The molecule has 0 unspecified atom stereocenters. The summed E-state index contributed by atoms with van der Waals surface area (Å²) in [5.41, 5.74) is 2.26. The monoisotopic (exact) mass is 475 g/mol. The fourth-order valence-electron chi connectivity index (χ4n) is 4.38. The Morgan fingerprint density at radius 2 is 1.46 bits per heavy atom. The molecule has 4 aromatic rings. The Hall–Kier alpha value is -3.65. The molecule has 0 bridgehead atoms. The summed E-state index contributed by atoms with van der Waals surface area (Å²) < 4.78 is 57.7. The average molecular weight is 476 g/mol. The van der Waals surface area contributed by atoms with Crippen LogP contribution >= 0.6 is 0 Å². The zero-order valence-electron chi connectivity index (χ0n) is 19.5. The summed E-state index contributed by atoms with van der Waals surface area (Å²) in [4.78, 5) is 0. The van der Waals surface area contributed by atoms with E-state index in [1.54, 1.807) is 42.5 Å². The van der Waals surface area contributed by atoms with Crippen molar-refractivity contribution in [1.82, 2.24) is 0 Å². The Bertz CT molecular complexity index is 1400. The van der Waals surface area contributed by atoms with Crippen LogP contribution in [0, 0.1) is 34.6 Å². The van der Waals surface area contributed by atoms with Crippen LogP contribution in [-0.2, 0) is 19.3 Å². The van der Waals surface area contributed by atoms with Gasteiger partial charge in [-0.3, -0.25) is 0 Å². The summed E-state index contributed by atoms with van der Waals surface area (Å²) in [6, 6.07) is 17.5. The van der Waals surface area contributed by atoms with Crippen molar-refractivity contribution in [3.8, 4) is 17.2 Å². The molecule has 0 fully saturated rings. The van der Waals surface area contributed by atoms with E-state index in [-0.39, 0.29) is 18.7 Å². The lowest BCUT2D eigenvalue weighted by Crippen LogP contribution is -1.99. The molecule has 0 atom stereocenters. The van der Waals surface area contributed by atoms with Crippen molar-refractivity contribution in [1.29, 1.82) is 5.26 Å². The first-order chi connectivity index (χ1) is 16.9. The van der Waals surface area contributed by atoms with Crippen LogP contribution in [0.3, 0.4) is 0 Å². The number of hydrogen-bond acceptors (Lipinski definition) is 1. The van der Waals surface area contributed by atoms with Gasteiger partial charge in [-0.05, 0) is 77.6 Å². The van der Waals surface area contributed by atoms with Gasteiger partial charge in [-0.2, -0.15) is 5.26 Å². The zero-order chi connectivity index (χ0) is 24.9. The number of nitriles is 1. The molecule has 0 aliphatic carbocycles. The molecule has 35 heavy (non-hydrogen) atoms. The van der Waals surface area contributed by atoms with E-state index in [1.807, 2.05) is 6.07 Å². The molecule has 0 aliphatic rings. The van der Waals surface area contributed by atoms with E-state index < -0.39 is 23.0 Å². The van der Waals surface area contributed by atoms with E-state index in [2.05, 4.69) is 6.92 Å². The van der Waals surface area contributed by atoms with Gasteiger partial charge in [-0.15, -0.1) is 0 Å². The van der Waals surface area contributed by atoms with Gasteiger partial charge in [0.25, 0.3) is 0 Å². The van der Waals surface area contributed by atoms with Crippen molar-refractivity contribution in [2.75, 3.05) is 0 Å². The molecule has 0 saturated heterocycles. The van der Waals surface area contributed by atoms with Crippen LogP contribution in [0.4, 0.5) is 17.6 Å². The van der Waals surface area contributed by atoms with Crippen molar-refractivity contribution in [3.63, 3.8) is 0 Å². The topological polar surface area (TPSA) is 23.8 Å². The molecular weight excluding hydrogens is 450 g/mol. The minimum atomic E-state index is -0.921. The predicted octanol–water partition coefficient (Wildman–Crippen LogP) is 8.45. The van der Waals surface area contributed by atoms with E-state index in [4.69, 9.17) is 5.26 Å². The third-order valence-electron chi connectivity index (χ3n) is 6.34. The SMILES string of the molecule is CCCCCc1ccc(-c2ccc3c(F)c(CCc4cc(F)c(C#N)c(F)c4)ccc3c2)c(F)c1. The molecule has 0 aromatic heterocycles. The highest BCUT2D eigenvalue weighted by molar-refractivity contribution is 5.88. The number of nitrogens with zero attached hydrogens (tertiary/aromatic N) is 1. The Kier molecular flexibility index (Phi) is 7.51. The minimum absolute atomic E-state index is 0.218. The van der Waals surface area contributed by atoms with Crippen molar-refractivity contribution in [3.05, 3.63) is 106 Å². The van der Waals surface area contributed by atoms with Crippen LogP contribution in [0.1, 0.15) is 48.4 Å². The highest BCUT2D eigenvalue weighted by atomic mass is 19.1. The largest absolute Gasteiger partial charge is 0.206 e. The molecule has 0 aliphatic heterocycles. The number of halogens is 4. The highest BCUT2D eigenvalue weighted by Gasteiger charge is 2.14. The van der Waals surface area contributed by atoms with E-state index in [1.165, 1.54) is 6.07 Å². The third-order valence-corrected chi connectivity index (χ3v) is 6.34. The Balaban J connectivity index is 1.55. The van der Waals surface area contributed by atoms with E-state index >= 15 is 4.39 Å². The van der Waals surface area contributed by atoms with Gasteiger partial charge in [-0.1, -0.05) is 56.2 Å². The van der Waals surface area contributed by atoms with Crippen molar-refractivity contribution in [2.24, 2.45) is 0 Å². The summed E-state index contributed by atoms with van der Waals surface area (Å²) in [7, 11) is 0. The maximum atomic E-state index is 15.2. The smallest absolute Gasteiger partial charge is 0.144 e. The molecule has 0 heterocycles. The van der Waals surface area contributed by atoms with Crippen LogP contribution in [-0.4, -0.2) is 0 Å². The summed E-state index contributed by atoms with van der Waals surface area (Å²) in [5, 5.41) is 9.84. The minimum Gasteiger partial charge on any atom is -0.206 e. The van der Waals surface area contributed by atoms with E-state index in [9.17, 15) is 13.2 Å². The van der Waals surface area contributed by atoms with Gasteiger partial charge in [0.05, 0.1) is 0 Å². The molecule has 0 amide bonds.